The van der Waals surface area contributed by atoms with Gasteiger partial charge in [-0.3, -0.25) is 4.79 Å². The molecular weight excluding hydrogens is 337 g/mol. The van der Waals surface area contributed by atoms with Gasteiger partial charge in [-0.05, 0) is 31.0 Å². The van der Waals surface area contributed by atoms with Crippen molar-refractivity contribution in [2.75, 3.05) is 20.3 Å². The maximum atomic E-state index is 14.4. The number of aromatic hydroxyl groups is 1. The summed E-state index contributed by atoms with van der Waals surface area (Å²) >= 11 is 0. The summed E-state index contributed by atoms with van der Waals surface area (Å²) in [6, 6.07) is 11.0. The number of nitrogens with zero attached hydrogens (tertiary/aromatic N) is 1. The molecule has 1 unspecified atom stereocenters. The highest BCUT2D eigenvalue weighted by atomic mass is 19.1. The number of hydrogen-bond acceptors (Lipinski definition) is 4. The molecule has 1 amide bonds. The summed E-state index contributed by atoms with van der Waals surface area (Å²) in [6.45, 7) is 1.19. The number of methoxy groups -OCH3 is 1. The predicted octanol–water partition coefficient (Wildman–Crippen LogP) is 3.36. The third-order valence-corrected chi connectivity index (χ3v) is 4.49. The number of halogens is 1. The fourth-order valence-electron chi connectivity index (χ4n) is 3.07. The van der Waals surface area contributed by atoms with E-state index in [0.717, 1.165) is 12.8 Å². The first-order valence-electron chi connectivity index (χ1n) is 8.59. The molecule has 138 valence electrons. The maximum absolute atomic E-state index is 14.4. The highest BCUT2D eigenvalue weighted by Crippen LogP contribution is 2.23. The molecule has 1 saturated heterocycles. The zero-order chi connectivity index (χ0) is 18.5. The zero-order valence-corrected chi connectivity index (χ0v) is 14.7. The normalized spacial score (nSPS) is 16.5. The number of benzene rings is 2. The van der Waals surface area contributed by atoms with Gasteiger partial charge in [0, 0.05) is 31.3 Å². The van der Waals surface area contributed by atoms with Crippen LogP contribution in [0.25, 0.3) is 0 Å². The molecule has 1 N–H and O–H groups in total. The second-order valence-electron chi connectivity index (χ2n) is 6.30. The molecule has 0 aromatic heterocycles. The van der Waals surface area contributed by atoms with Gasteiger partial charge < -0.3 is 19.5 Å². The number of phenols is 1. The number of amides is 1. The van der Waals surface area contributed by atoms with Crippen molar-refractivity contribution in [1.82, 2.24) is 4.90 Å². The molecule has 1 atom stereocenters. The molecule has 0 bridgehead atoms. The summed E-state index contributed by atoms with van der Waals surface area (Å²) in [4.78, 5) is 14.5. The Morgan fingerprint density at radius 3 is 2.81 bits per heavy atom. The largest absolute Gasteiger partial charge is 0.508 e. The van der Waals surface area contributed by atoms with Gasteiger partial charge in [0.1, 0.15) is 17.3 Å². The molecule has 0 aliphatic carbocycles. The van der Waals surface area contributed by atoms with E-state index in [1.807, 2.05) is 0 Å². The Kier molecular flexibility index (Phi) is 5.73. The summed E-state index contributed by atoms with van der Waals surface area (Å²) < 4.78 is 25.0. The molecule has 1 aliphatic heterocycles. The number of hydrogen-bond donors (Lipinski definition) is 1. The van der Waals surface area contributed by atoms with Gasteiger partial charge in [0.25, 0.3) is 5.91 Å². The van der Waals surface area contributed by atoms with Gasteiger partial charge in [0.2, 0.25) is 0 Å². The summed E-state index contributed by atoms with van der Waals surface area (Å²) in [5.41, 5.74) is 0.576. The van der Waals surface area contributed by atoms with Crippen LogP contribution < -0.4 is 4.74 Å². The fraction of sp³-hybridized carbons (Fsp3) is 0.350. The third-order valence-electron chi connectivity index (χ3n) is 4.49. The number of phenolic OH excluding ortho intramolecular Hbond substituents is 1. The lowest BCUT2D eigenvalue weighted by atomic mass is 10.1. The van der Waals surface area contributed by atoms with Gasteiger partial charge in [0.15, 0.2) is 0 Å². The van der Waals surface area contributed by atoms with Crippen LogP contribution in [0.15, 0.2) is 42.5 Å². The lowest BCUT2D eigenvalue weighted by molar-refractivity contribution is 0.0502. The van der Waals surface area contributed by atoms with Gasteiger partial charge in [-0.15, -0.1) is 0 Å². The van der Waals surface area contributed by atoms with E-state index in [2.05, 4.69) is 0 Å². The Morgan fingerprint density at radius 2 is 2.15 bits per heavy atom. The second-order valence-corrected chi connectivity index (χ2v) is 6.30. The summed E-state index contributed by atoms with van der Waals surface area (Å²) in [5.74, 6) is -0.619. The Labute approximate surface area is 152 Å². The van der Waals surface area contributed by atoms with Crippen LogP contribution in [0.1, 0.15) is 28.8 Å². The molecule has 0 radical (unpaired) electrons. The molecule has 2 aromatic rings. The van der Waals surface area contributed by atoms with Crippen molar-refractivity contribution >= 4 is 5.91 Å². The predicted molar refractivity (Wildman–Crippen MR) is 94.8 cm³/mol. The van der Waals surface area contributed by atoms with E-state index in [1.165, 1.54) is 24.1 Å². The molecule has 1 fully saturated rings. The Bertz CT molecular complexity index is 774. The molecule has 5 nitrogen and oxygen atoms in total. The minimum absolute atomic E-state index is 0.0285. The van der Waals surface area contributed by atoms with Gasteiger partial charge in [0.05, 0.1) is 18.8 Å². The van der Waals surface area contributed by atoms with Crippen LogP contribution >= 0.6 is 0 Å². The van der Waals surface area contributed by atoms with Gasteiger partial charge in [-0.1, -0.05) is 18.2 Å². The smallest absolute Gasteiger partial charge is 0.257 e. The Morgan fingerprint density at radius 1 is 1.35 bits per heavy atom. The van der Waals surface area contributed by atoms with Crippen LogP contribution in [0.5, 0.6) is 11.5 Å². The van der Waals surface area contributed by atoms with Crippen LogP contribution in [-0.4, -0.2) is 42.3 Å². The second kappa shape index (κ2) is 8.19. The van der Waals surface area contributed by atoms with E-state index >= 15 is 0 Å². The van der Waals surface area contributed by atoms with Crippen molar-refractivity contribution in [2.24, 2.45) is 0 Å². The minimum Gasteiger partial charge on any atom is -0.508 e. The standard InChI is InChI=1S/C20H22FNO4/c1-25-15-8-9-17(18(21)11-15)20(24)22(13-16-6-4-10-26-16)12-14-5-2-3-7-19(14)23/h2-3,5,7-9,11,16,23H,4,6,10,12-13H2,1H3. The van der Waals surface area contributed by atoms with E-state index in [4.69, 9.17) is 9.47 Å². The van der Waals surface area contributed by atoms with Gasteiger partial charge >= 0.3 is 0 Å². The SMILES string of the molecule is COc1ccc(C(=O)N(Cc2ccccc2O)CC2CCCO2)c(F)c1. The highest BCUT2D eigenvalue weighted by Gasteiger charge is 2.26. The van der Waals surface area contributed by atoms with Crippen LogP contribution in [0.4, 0.5) is 4.39 Å². The van der Waals surface area contributed by atoms with Crippen LogP contribution in [-0.2, 0) is 11.3 Å². The maximum Gasteiger partial charge on any atom is 0.257 e. The zero-order valence-electron chi connectivity index (χ0n) is 14.7. The topological polar surface area (TPSA) is 59.0 Å². The monoisotopic (exact) mass is 359 g/mol. The molecule has 0 spiro atoms. The number of ether oxygens (including phenoxy) is 2. The van der Waals surface area contributed by atoms with Crippen molar-refractivity contribution in [2.45, 2.75) is 25.5 Å². The molecule has 2 aromatic carbocycles. The van der Waals surface area contributed by atoms with Crippen LogP contribution in [0, 0.1) is 5.82 Å². The Balaban J connectivity index is 1.86. The van der Waals surface area contributed by atoms with Gasteiger partial charge in [-0.2, -0.15) is 0 Å². The van der Waals surface area contributed by atoms with Crippen molar-refractivity contribution in [3.8, 4) is 11.5 Å². The number of para-hydroxylation sites is 1. The average molecular weight is 359 g/mol. The quantitative estimate of drug-likeness (QED) is 0.859. The first-order chi connectivity index (χ1) is 12.6. The minimum atomic E-state index is -0.635. The first-order valence-corrected chi connectivity index (χ1v) is 8.59. The molecule has 26 heavy (non-hydrogen) atoms. The van der Waals surface area contributed by atoms with E-state index in [0.29, 0.717) is 24.5 Å². The summed E-state index contributed by atoms with van der Waals surface area (Å²) in [5, 5.41) is 10.0. The van der Waals surface area contributed by atoms with Crippen molar-refractivity contribution in [1.29, 1.82) is 0 Å². The molecule has 1 heterocycles. The third kappa shape index (κ3) is 4.14. The molecule has 3 rings (SSSR count). The van der Waals surface area contributed by atoms with Gasteiger partial charge in [-0.25, -0.2) is 4.39 Å². The van der Waals surface area contributed by atoms with E-state index in [9.17, 15) is 14.3 Å². The van der Waals surface area contributed by atoms with Crippen molar-refractivity contribution in [3.63, 3.8) is 0 Å². The lowest BCUT2D eigenvalue weighted by Crippen LogP contribution is -2.37. The summed E-state index contributed by atoms with van der Waals surface area (Å²) in [6.07, 6.45) is 1.72. The first kappa shape index (κ1) is 18.2. The van der Waals surface area contributed by atoms with Crippen molar-refractivity contribution < 1.29 is 23.8 Å². The number of carbonyl (C=O) groups is 1. The van der Waals surface area contributed by atoms with E-state index < -0.39 is 11.7 Å². The van der Waals surface area contributed by atoms with Crippen molar-refractivity contribution in [3.05, 3.63) is 59.4 Å². The molecule has 0 saturated carbocycles. The summed E-state index contributed by atoms with van der Waals surface area (Å²) in [7, 11) is 1.44. The number of rotatable bonds is 6. The van der Waals surface area contributed by atoms with Crippen LogP contribution in [0.2, 0.25) is 0 Å². The highest BCUT2D eigenvalue weighted by molar-refractivity contribution is 5.94. The van der Waals surface area contributed by atoms with E-state index in [1.54, 1.807) is 30.3 Å². The molecule has 1 aliphatic rings. The van der Waals surface area contributed by atoms with Crippen LogP contribution in [0.3, 0.4) is 0 Å². The molecule has 6 heteroatoms. The average Bonchev–Trinajstić information content (AvgIpc) is 3.15. The fourth-order valence-corrected chi connectivity index (χ4v) is 3.07. The Hall–Kier alpha value is -2.60. The molecular formula is C20H22FNO4. The lowest BCUT2D eigenvalue weighted by Gasteiger charge is -2.26. The number of carbonyl (C=O) groups excluding carboxylic acids is 1. The van der Waals surface area contributed by atoms with E-state index in [-0.39, 0.29) is 24.0 Å².